The minimum Gasteiger partial charge on any atom is -0.206 e. The second-order valence-corrected chi connectivity index (χ2v) is 10.3. The summed E-state index contributed by atoms with van der Waals surface area (Å²) in [5.41, 5.74) is 4.20. The molecule has 0 atom stereocenters. The fourth-order valence-electron chi connectivity index (χ4n) is 5.35. The molecule has 0 spiro atoms. The number of aryl methyl sites for hydroxylation is 2. The van der Waals surface area contributed by atoms with E-state index in [1.54, 1.807) is 24.3 Å². The predicted molar refractivity (Wildman–Crippen MR) is 139 cm³/mol. The normalized spacial score (nSPS) is 18.2. The number of rotatable bonds is 9. The quantitative estimate of drug-likeness (QED) is 0.267. The molecule has 3 heteroatoms. The van der Waals surface area contributed by atoms with E-state index in [0.29, 0.717) is 22.4 Å². The molecule has 0 unspecified atom stereocenters. The van der Waals surface area contributed by atoms with Gasteiger partial charge in [0.05, 0.1) is 5.56 Å². The Morgan fingerprint density at radius 3 is 2.03 bits per heavy atom. The largest absolute Gasteiger partial charge is 0.206 e. The van der Waals surface area contributed by atoms with Crippen molar-refractivity contribution in [2.24, 2.45) is 5.92 Å². The summed E-state index contributed by atoms with van der Waals surface area (Å²) >= 11 is 5.90. The van der Waals surface area contributed by atoms with E-state index in [9.17, 15) is 8.78 Å². The van der Waals surface area contributed by atoms with E-state index in [1.807, 2.05) is 0 Å². The van der Waals surface area contributed by atoms with Gasteiger partial charge >= 0.3 is 0 Å². The van der Waals surface area contributed by atoms with Crippen molar-refractivity contribution >= 4 is 11.6 Å². The first-order chi connectivity index (χ1) is 16.5. The molecular formula is C31H35ClF2. The van der Waals surface area contributed by atoms with Crippen molar-refractivity contribution in [3.05, 3.63) is 94.0 Å². The van der Waals surface area contributed by atoms with Gasteiger partial charge in [0.1, 0.15) is 11.6 Å². The molecule has 3 aromatic carbocycles. The predicted octanol–water partition coefficient (Wildman–Crippen LogP) is 9.92. The average Bonchev–Trinajstić information content (AvgIpc) is 2.84. The molecule has 0 nitrogen and oxygen atoms in total. The number of hydrogen-bond acceptors (Lipinski definition) is 0. The molecule has 3 aromatic rings. The number of unbranched alkanes of at least 4 members (excludes halogenated alkanes) is 2. The first-order valence-corrected chi connectivity index (χ1v) is 13.2. The Kier molecular flexibility index (Phi) is 8.78. The van der Waals surface area contributed by atoms with Crippen LogP contribution in [0.5, 0.6) is 0 Å². The van der Waals surface area contributed by atoms with Crippen LogP contribution in [0, 0.1) is 17.6 Å². The molecule has 0 radical (unpaired) electrons. The molecule has 1 saturated carbocycles. The van der Waals surface area contributed by atoms with Gasteiger partial charge in [0, 0.05) is 5.02 Å². The highest BCUT2D eigenvalue weighted by Gasteiger charge is 2.22. The highest BCUT2D eigenvalue weighted by Crippen LogP contribution is 2.38. The molecule has 34 heavy (non-hydrogen) atoms. The van der Waals surface area contributed by atoms with Crippen molar-refractivity contribution < 1.29 is 8.78 Å². The van der Waals surface area contributed by atoms with Crippen LogP contribution in [0.25, 0.3) is 11.1 Å². The van der Waals surface area contributed by atoms with E-state index in [4.69, 9.17) is 11.6 Å². The van der Waals surface area contributed by atoms with E-state index in [-0.39, 0.29) is 5.56 Å². The summed E-state index contributed by atoms with van der Waals surface area (Å²) in [5.74, 6) is 0.277. The minimum absolute atomic E-state index is 0.0253. The monoisotopic (exact) mass is 480 g/mol. The highest BCUT2D eigenvalue weighted by molar-refractivity contribution is 6.30. The van der Waals surface area contributed by atoms with E-state index in [0.717, 1.165) is 18.4 Å². The Hall–Kier alpha value is -2.19. The van der Waals surface area contributed by atoms with Gasteiger partial charge in [-0.25, -0.2) is 8.78 Å². The molecule has 0 heterocycles. The third-order valence-corrected chi connectivity index (χ3v) is 7.69. The van der Waals surface area contributed by atoms with Crippen LogP contribution in [-0.4, -0.2) is 0 Å². The van der Waals surface area contributed by atoms with Crippen LogP contribution in [0.4, 0.5) is 8.78 Å². The van der Waals surface area contributed by atoms with Crippen LogP contribution in [-0.2, 0) is 12.8 Å². The fraction of sp³-hybridized carbons (Fsp3) is 0.419. The molecule has 1 aliphatic carbocycles. The van der Waals surface area contributed by atoms with Gasteiger partial charge in [-0.2, -0.15) is 0 Å². The molecule has 0 amide bonds. The summed E-state index contributed by atoms with van der Waals surface area (Å²) in [6.45, 7) is 2.24. The van der Waals surface area contributed by atoms with Crippen LogP contribution < -0.4 is 0 Å². The summed E-state index contributed by atoms with van der Waals surface area (Å²) < 4.78 is 29.5. The van der Waals surface area contributed by atoms with Crippen LogP contribution in [0.1, 0.15) is 80.9 Å². The number of halogens is 3. The third kappa shape index (κ3) is 6.48. The van der Waals surface area contributed by atoms with Gasteiger partial charge in [0.2, 0.25) is 0 Å². The molecule has 0 aromatic heterocycles. The molecule has 0 bridgehead atoms. The standard InChI is InChI=1S/C31H35ClF2/c1-2-3-4-5-22-8-12-25(13-9-22)26-14-10-23(11-15-26)6-7-24-20-29(33)31(30(34)21-24)27-16-18-28(32)19-17-27/h8-9,12-13,16-21,23,26H,2-7,10-11,14-15H2,1H3. The Morgan fingerprint density at radius 2 is 1.41 bits per heavy atom. The van der Waals surface area contributed by atoms with Crippen LogP contribution >= 0.6 is 11.6 Å². The Morgan fingerprint density at radius 1 is 0.765 bits per heavy atom. The summed E-state index contributed by atoms with van der Waals surface area (Å²) in [4.78, 5) is 0. The maximum Gasteiger partial charge on any atom is 0.134 e. The minimum atomic E-state index is -0.501. The first-order valence-electron chi connectivity index (χ1n) is 12.9. The molecule has 1 aliphatic rings. The van der Waals surface area contributed by atoms with Gasteiger partial charge in [-0.3, -0.25) is 0 Å². The van der Waals surface area contributed by atoms with E-state index >= 15 is 0 Å². The summed E-state index contributed by atoms with van der Waals surface area (Å²) in [7, 11) is 0. The van der Waals surface area contributed by atoms with E-state index in [1.165, 1.54) is 74.6 Å². The van der Waals surface area contributed by atoms with Crippen LogP contribution in [0.2, 0.25) is 5.02 Å². The summed E-state index contributed by atoms with van der Waals surface area (Å²) in [6.07, 6.45) is 11.5. The molecule has 1 fully saturated rings. The summed E-state index contributed by atoms with van der Waals surface area (Å²) in [5, 5.41) is 0.551. The van der Waals surface area contributed by atoms with Crippen molar-refractivity contribution in [3.63, 3.8) is 0 Å². The van der Waals surface area contributed by atoms with Crippen molar-refractivity contribution in [2.45, 2.75) is 77.0 Å². The van der Waals surface area contributed by atoms with Crippen LogP contribution in [0.15, 0.2) is 60.7 Å². The lowest BCUT2D eigenvalue weighted by Crippen LogP contribution is -2.14. The third-order valence-electron chi connectivity index (χ3n) is 7.44. The SMILES string of the molecule is CCCCCc1ccc(C2CCC(CCc3cc(F)c(-c4ccc(Cl)cc4)c(F)c3)CC2)cc1. The van der Waals surface area contributed by atoms with Gasteiger partial charge in [0.15, 0.2) is 0 Å². The molecule has 4 rings (SSSR count). The second kappa shape index (κ2) is 12.0. The average molecular weight is 481 g/mol. The topological polar surface area (TPSA) is 0 Å². The number of hydrogen-bond donors (Lipinski definition) is 0. The molecule has 180 valence electrons. The zero-order chi connectivity index (χ0) is 23.9. The van der Waals surface area contributed by atoms with Gasteiger partial charge in [-0.05, 0) is 110 Å². The molecule has 0 saturated heterocycles. The zero-order valence-electron chi connectivity index (χ0n) is 20.1. The van der Waals surface area contributed by atoms with E-state index in [2.05, 4.69) is 31.2 Å². The van der Waals surface area contributed by atoms with Gasteiger partial charge in [-0.1, -0.05) is 67.8 Å². The van der Waals surface area contributed by atoms with Crippen molar-refractivity contribution in [1.82, 2.24) is 0 Å². The highest BCUT2D eigenvalue weighted by atomic mass is 35.5. The van der Waals surface area contributed by atoms with Gasteiger partial charge in [0.25, 0.3) is 0 Å². The lowest BCUT2D eigenvalue weighted by atomic mass is 9.76. The lowest BCUT2D eigenvalue weighted by Gasteiger charge is -2.29. The summed E-state index contributed by atoms with van der Waals surface area (Å²) in [6, 6.07) is 18.9. The maximum absolute atomic E-state index is 14.7. The smallest absolute Gasteiger partial charge is 0.134 e. The second-order valence-electron chi connectivity index (χ2n) is 9.90. The van der Waals surface area contributed by atoms with Gasteiger partial charge < -0.3 is 0 Å². The van der Waals surface area contributed by atoms with Crippen LogP contribution in [0.3, 0.4) is 0 Å². The lowest BCUT2D eigenvalue weighted by molar-refractivity contribution is 0.310. The Bertz CT molecular complexity index is 1020. The van der Waals surface area contributed by atoms with Gasteiger partial charge in [-0.15, -0.1) is 0 Å². The van der Waals surface area contributed by atoms with Crippen molar-refractivity contribution in [1.29, 1.82) is 0 Å². The molecule has 0 aliphatic heterocycles. The van der Waals surface area contributed by atoms with Crippen molar-refractivity contribution in [2.75, 3.05) is 0 Å². The molecule has 0 N–H and O–H groups in total. The Labute approximate surface area is 208 Å². The molecular weight excluding hydrogens is 446 g/mol. The zero-order valence-corrected chi connectivity index (χ0v) is 20.9. The first kappa shape index (κ1) is 24.9. The fourth-order valence-corrected chi connectivity index (χ4v) is 5.48. The number of benzene rings is 3. The van der Waals surface area contributed by atoms with Crippen molar-refractivity contribution in [3.8, 4) is 11.1 Å². The Balaban J connectivity index is 1.28. The maximum atomic E-state index is 14.7. The van der Waals surface area contributed by atoms with E-state index < -0.39 is 11.6 Å².